The molecule has 1 aromatic carbocycles. The Bertz CT molecular complexity index is 393. The van der Waals surface area contributed by atoms with Crippen LogP contribution in [0.25, 0.3) is 0 Å². The Balaban J connectivity index is 1.74. The molecule has 1 aliphatic heterocycles. The predicted molar refractivity (Wildman–Crippen MR) is 88.8 cm³/mol. The van der Waals surface area contributed by atoms with E-state index in [-0.39, 0.29) is 0 Å². The minimum absolute atomic E-state index is 0.628. The van der Waals surface area contributed by atoms with E-state index in [0.717, 1.165) is 31.9 Å². The van der Waals surface area contributed by atoms with Gasteiger partial charge in [0, 0.05) is 31.7 Å². The highest BCUT2D eigenvalue weighted by molar-refractivity contribution is 5.20. The predicted octanol–water partition coefficient (Wildman–Crippen LogP) is 3.16. The number of para-hydroxylation sites is 1. The van der Waals surface area contributed by atoms with E-state index in [0.29, 0.717) is 18.0 Å². The standard InChI is InChI=1S/C18H30N2O/c1-4-16-13-19-18(15(2)3)14-20(16)11-8-12-21-17-9-6-5-7-10-17/h5-7,9-10,15-16,18-19H,4,8,11-14H2,1-3H3. The number of piperazine rings is 1. The van der Waals surface area contributed by atoms with E-state index in [1.165, 1.54) is 13.0 Å². The van der Waals surface area contributed by atoms with Gasteiger partial charge in [0.2, 0.25) is 0 Å². The molecule has 1 saturated heterocycles. The topological polar surface area (TPSA) is 24.5 Å². The molecule has 0 amide bonds. The molecule has 1 fully saturated rings. The lowest BCUT2D eigenvalue weighted by molar-refractivity contribution is 0.103. The molecule has 2 unspecified atom stereocenters. The molecule has 21 heavy (non-hydrogen) atoms. The molecule has 2 atom stereocenters. The molecule has 118 valence electrons. The van der Waals surface area contributed by atoms with Crippen molar-refractivity contribution >= 4 is 0 Å². The van der Waals surface area contributed by atoms with Crippen LogP contribution in [0.4, 0.5) is 0 Å². The van der Waals surface area contributed by atoms with Crippen LogP contribution in [0, 0.1) is 5.92 Å². The fourth-order valence-electron chi connectivity index (χ4n) is 2.98. The first-order valence-corrected chi connectivity index (χ1v) is 8.36. The molecular weight excluding hydrogens is 260 g/mol. The second kappa shape index (κ2) is 8.40. The van der Waals surface area contributed by atoms with Gasteiger partial charge in [0.1, 0.15) is 5.75 Å². The Morgan fingerprint density at radius 2 is 2.05 bits per heavy atom. The van der Waals surface area contributed by atoms with E-state index in [1.54, 1.807) is 0 Å². The summed E-state index contributed by atoms with van der Waals surface area (Å²) < 4.78 is 5.80. The molecule has 0 saturated carbocycles. The van der Waals surface area contributed by atoms with E-state index in [1.807, 2.05) is 30.3 Å². The van der Waals surface area contributed by atoms with Crippen molar-refractivity contribution in [2.24, 2.45) is 5.92 Å². The summed E-state index contributed by atoms with van der Waals surface area (Å²) in [6.07, 6.45) is 2.31. The Morgan fingerprint density at radius 3 is 2.71 bits per heavy atom. The molecular formula is C18H30N2O. The second-order valence-corrected chi connectivity index (χ2v) is 6.33. The minimum Gasteiger partial charge on any atom is -0.494 e. The molecule has 0 spiro atoms. The van der Waals surface area contributed by atoms with E-state index in [4.69, 9.17) is 4.74 Å². The van der Waals surface area contributed by atoms with Crippen LogP contribution in [0.5, 0.6) is 5.75 Å². The fourth-order valence-corrected chi connectivity index (χ4v) is 2.98. The maximum Gasteiger partial charge on any atom is 0.119 e. The van der Waals surface area contributed by atoms with Gasteiger partial charge in [-0.2, -0.15) is 0 Å². The lowest BCUT2D eigenvalue weighted by Gasteiger charge is -2.41. The maximum absolute atomic E-state index is 5.80. The zero-order valence-electron chi connectivity index (χ0n) is 13.7. The van der Waals surface area contributed by atoms with Crippen LogP contribution in [0.2, 0.25) is 0 Å². The quantitative estimate of drug-likeness (QED) is 0.781. The van der Waals surface area contributed by atoms with Gasteiger partial charge in [-0.25, -0.2) is 0 Å². The molecule has 0 bridgehead atoms. The van der Waals surface area contributed by atoms with Crippen LogP contribution in [0.3, 0.4) is 0 Å². The monoisotopic (exact) mass is 290 g/mol. The highest BCUT2D eigenvalue weighted by atomic mass is 16.5. The van der Waals surface area contributed by atoms with Crippen molar-refractivity contribution in [2.75, 3.05) is 26.2 Å². The average molecular weight is 290 g/mol. The SMILES string of the molecule is CCC1CNC(C(C)C)CN1CCCOc1ccccc1. The summed E-state index contributed by atoms with van der Waals surface area (Å²) in [5.74, 6) is 1.68. The van der Waals surface area contributed by atoms with Crippen LogP contribution in [-0.4, -0.2) is 43.2 Å². The van der Waals surface area contributed by atoms with Crippen molar-refractivity contribution in [1.82, 2.24) is 10.2 Å². The highest BCUT2D eigenvalue weighted by Gasteiger charge is 2.27. The van der Waals surface area contributed by atoms with Crippen molar-refractivity contribution < 1.29 is 4.74 Å². The van der Waals surface area contributed by atoms with Crippen molar-refractivity contribution in [2.45, 2.75) is 45.7 Å². The van der Waals surface area contributed by atoms with E-state index in [9.17, 15) is 0 Å². The molecule has 2 rings (SSSR count). The van der Waals surface area contributed by atoms with E-state index < -0.39 is 0 Å². The third kappa shape index (κ3) is 5.01. The third-order valence-electron chi connectivity index (χ3n) is 4.44. The molecule has 0 aromatic heterocycles. The number of hydrogen-bond acceptors (Lipinski definition) is 3. The van der Waals surface area contributed by atoms with Crippen LogP contribution < -0.4 is 10.1 Å². The Morgan fingerprint density at radius 1 is 1.29 bits per heavy atom. The molecule has 1 aromatic rings. The zero-order chi connectivity index (χ0) is 15.1. The van der Waals surface area contributed by atoms with Gasteiger partial charge in [-0.05, 0) is 30.9 Å². The average Bonchev–Trinajstić information content (AvgIpc) is 2.52. The summed E-state index contributed by atoms with van der Waals surface area (Å²) in [6.45, 7) is 11.1. The fraction of sp³-hybridized carbons (Fsp3) is 0.667. The number of rotatable bonds is 7. The number of nitrogens with zero attached hydrogens (tertiary/aromatic N) is 1. The zero-order valence-corrected chi connectivity index (χ0v) is 13.7. The summed E-state index contributed by atoms with van der Waals surface area (Å²) in [4.78, 5) is 2.65. The Labute approximate surface area is 129 Å². The van der Waals surface area contributed by atoms with Crippen molar-refractivity contribution in [1.29, 1.82) is 0 Å². The number of benzene rings is 1. The summed E-state index contributed by atoms with van der Waals surface area (Å²) in [5, 5.41) is 3.69. The summed E-state index contributed by atoms with van der Waals surface area (Å²) in [6, 6.07) is 11.4. The van der Waals surface area contributed by atoms with E-state index in [2.05, 4.69) is 31.0 Å². The minimum atomic E-state index is 0.628. The molecule has 1 N–H and O–H groups in total. The van der Waals surface area contributed by atoms with Gasteiger partial charge in [0.05, 0.1) is 6.61 Å². The van der Waals surface area contributed by atoms with Gasteiger partial charge >= 0.3 is 0 Å². The summed E-state index contributed by atoms with van der Waals surface area (Å²) >= 11 is 0. The Kier molecular flexibility index (Phi) is 6.52. The normalized spacial score (nSPS) is 23.4. The number of hydrogen-bond donors (Lipinski definition) is 1. The summed E-state index contributed by atoms with van der Waals surface area (Å²) in [7, 11) is 0. The smallest absolute Gasteiger partial charge is 0.119 e. The first kappa shape index (κ1) is 16.3. The molecule has 1 aliphatic rings. The lowest BCUT2D eigenvalue weighted by Crippen LogP contribution is -2.58. The van der Waals surface area contributed by atoms with Gasteiger partial charge in [-0.15, -0.1) is 0 Å². The number of nitrogens with one attached hydrogen (secondary N) is 1. The largest absolute Gasteiger partial charge is 0.494 e. The van der Waals surface area contributed by atoms with E-state index >= 15 is 0 Å². The van der Waals surface area contributed by atoms with Crippen molar-refractivity contribution in [3.63, 3.8) is 0 Å². The molecule has 3 nitrogen and oxygen atoms in total. The molecule has 0 aliphatic carbocycles. The second-order valence-electron chi connectivity index (χ2n) is 6.33. The van der Waals surface area contributed by atoms with Gasteiger partial charge < -0.3 is 10.1 Å². The first-order valence-electron chi connectivity index (χ1n) is 8.36. The van der Waals surface area contributed by atoms with Crippen LogP contribution in [0.15, 0.2) is 30.3 Å². The lowest BCUT2D eigenvalue weighted by atomic mass is 9.98. The molecule has 0 radical (unpaired) electrons. The number of ether oxygens (including phenoxy) is 1. The van der Waals surface area contributed by atoms with Gasteiger partial charge in [-0.3, -0.25) is 4.90 Å². The van der Waals surface area contributed by atoms with Crippen molar-refractivity contribution in [3.8, 4) is 5.75 Å². The van der Waals surface area contributed by atoms with Gasteiger partial charge in [0.25, 0.3) is 0 Å². The van der Waals surface area contributed by atoms with Crippen LogP contribution in [0.1, 0.15) is 33.6 Å². The maximum atomic E-state index is 5.80. The van der Waals surface area contributed by atoms with Gasteiger partial charge in [-0.1, -0.05) is 39.0 Å². The molecule has 1 heterocycles. The molecule has 3 heteroatoms. The van der Waals surface area contributed by atoms with Crippen molar-refractivity contribution in [3.05, 3.63) is 30.3 Å². The van der Waals surface area contributed by atoms with Crippen LogP contribution in [-0.2, 0) is 0 Å². The Hall–Kier alpha value is -1.06. The highest BCUT2D eigenvalue weighted by Crippen LogP contribution is 2.15. The first-order chi connectivity index (χ1) is 10.2. The van der Waals surface area contributed by atoms with Gasteiger partial charge in [0.15, 0.2) is 0 Å². The third-order valence-corrected chi connectivity index (χ3v) is 4.44. The van der Waals surface area contributed by atoms with Crippen LogP contribution >= 0.6 is 0 Å². The summed E-state index contributed by atoms with van der Waals surface area (Å²) in [5.41, 5.74) is 0.